The molecule has 10 nitrogen and oxygen atoms in total. The Hall–Kier alpha value is -3.11. The molecule has 5 rings (SSSR count). The van der Waals surface area contributed by atoms with E-state index in [2.05, 4.69) is 5.10 Å². The minimum Gasteiger partial charge on any atom is -0.481 e. The maximum atomic E-state index is 12.6. The molecule has 192 valence electrons. The molecule has 0 spiro atoms. The molecule has 11 heteroatoms. The van der Waals surface area contributed by atoms with Gasteiger partial charge < -0.3 is 19.5 Å². The average molecular weight is 516 g/mol. The Labute approximate surface area is 213 Å². The number of anilines is 1. The Morgan fingerprint density at radius 2 is 2.08 bits per heavy atom. The predicted molar refractivity (Wildman–Crippen MR) is 133 cm³/mol. The second-order valence-electron chi connectivity index (χ2n) is 9.75. The zero-order valence-corrected chi connectivity index (χ0v) is 21.1. The summed E-state index contributed by atoms with van der Waals surface area (Å²) in [5.74, 6) is -0.772. The number of imidazole rings is 1. The third kappa shape index (κ3) is 4.32. The molecule has 1 aromatic carbocycles. The number of aromatic nitrogens is 4. The van der Waals surface area contributed by atoms with Gasteiger partial charge in [-0.15, -0.1) is 0 Å². The fourth-order valence-corrected chi connectivity index (χ4v) is 5.89. The number of halogens is 1. The van der Waals surface area contributed by atoms with E-state index in [1.54, 1.807) is 15.8 Å². The number of ether oxygens (including phenoxy) is 1. The molecule has 1 aliphatic heterocycles. The van der Waals surface area contributed by atoms with E-state index in [9.17, 15) is 19.8 Å². The van der Waals surface area contributed by atoms with Crippen molar-refractivity contribution in [3.63, 3.8) is 0 Å². The van der Waals surface area contributed by atoms with Crippen LogP contribution in [0.3, 0.4) is 0 Å². The van der Waals surface area contributed by atoms with Gasteiger partial charge in [-0.05, 0) is 51.2 Å². The van der Waals surface area contributed by atoms with Crippen molar-refractivity contribution in [3.05, 3.63) is 40.9 Å². The highest BCUT2D eigenvalue weighted by Gasteiger charge is 2.35. The Bertz CT molecular complexity index is 1300. The van der Waals surface area contributed by atoms with Crippen LogP contribution in [0.1, 0.15) is 62.6 Å². The van der Waals surface area contributed by atoms with Crippen LogP contribution in [0.15, 0.2) is 24.5 Å². The van der Waals surface area contributed by atoms with Gasteiger partial charge in [-0.1, -0.05) is 18.0 Å². The molecule has 1 unspecified atom stereocenters. The maximum Gasteiger partial charge on any atom is 0.414 e. The largest absolute Gasteiger partial charge is 0.481 e. The summed E-state index contributed by atoms with van der Waals surface area (Å²) < 4.78 is 8.62. The molecule has 2 N–H and O–H groups in total. The Morgan fingerprint density at radius 3 is 2.78 bits per heavy atom. The molecule has 0 bridgehead atoms. The van der Waals surface area contributed by atoms with Crippen molar-refractivity contribution in [1.29, 1.82) is 0 Å². The predicted octanol–water partition coefficient (Wildman–Crippen LogP) is 4.34. The van der Waals surface area contributed by atoms with Gasteiger partial charge in [0.1, 0.15) is 11.9 Å². The number of carboxylic acids is 1. The van der Waals surface area contributed by atoms with E-state index in [0.717, 1.165) is 48.0 Å². The lowest BCUT2D eigenvalue weighted by molar-refractivity contribution is -0.143. The van der Waals surface area contributed by atoms with Crippen molar-refractivity contribution >= 4 is 40.4 Å². The van der Waals surface area contributed by atoms with Crippen LogP contribution in [0.2, 0.25) is 5.02 Å². The first-order valence-electron chi connectivity index (χ1n) is 12.3. The zero-order valence-electron chi connectivity index (χ0n) is 20.3. The molecular formula is C25H30ClN5O5. The standard InChI is InChI=1S/C25H30ClN5O5/c1-14-6-7-18-19(30(14)25(35)36-2)8-9-20-22(18)28-23(21(32)13-29-12-16(26)11-27-29)31(20)17-5-3-4-15(10-17)24(33)34/h8-9,11-12,14-15,17,21,32H,3-7,10,13H2,1-2H3,(H,33,34)/t14-,15?,17+,21+/m0/s1. The number of fused-ring (bicyclic) bond motifs is 3. The van der Waals surface area contributed by atoms with E-state index in [1.807, 2.05) is 23.6 Å². The van der Waals surface area contributed by atoms with Gasteiger partial charge in [-0.2, -0.15) is 5.10 Å². The van der Waals surface area contributed by atoms with Gasteiger partial charge in [0.2, 0.25) is 0 Å². The number of aliphatic hydroxyl groups is 1. The summed E-state index contributed by atoms with van der Waals surface area (Å²) in [6, 6.07) is 3.69. The molecule has 1 amide bonds. The average Bonchev–Trinajstić information content (AvgIpc) is 3.46. The van der Waals surface area contributed by atoms with E-state index in [4.69, 9.17) is 21.3 Å². The number of hydrogen-bond donors (Lipinski definition) is 2. The second-order valence-corrected chi connectivity index (χ2v) is 10.2. The molecule has 3 heterocycles. The third-order valence-corrected chi connectivity index (χ3v) is 7.67. The highest BCUT2D eigenvalue weighted by atomic mass is 35.5. The molecule has 2 aliphatic rings. The van der Waals surface area contributed by atoms with E-state index in [0.29, 0.717) is 23.7 Å². The maximum absolute atomic E-state index is 12.6. The summed E-state index contributed by atoms with van der Waals surface area (Å²) in [6.07, 6.45) is 5.90. The van der Waals surface area contributed by atoms with Gasteiger partial charge in [0.25, 0.3) is 0 Å². The smallest absolute Gasteiger partial charge is 0.414 e. The van der Waals surface area contributed by atoms with Crippen LogP contribution in [0, 0.1) is 5.92 Å². The van der Waals surface area contributed by atoms with Crippen LogP contribution in [0.5, 0.6) is 0 Å². The molecule has 0 saturated heterocycles. The summed E-state index contributed by atoms with van der Waals surface area (Å²) in [4.78, 5) is 31.0. The number of benzene rings is 1. The molecule has 36 heavy (non-hydrogen) atoms. The number of amides is 1. The van der Waals surface area contributed by atoms with Crippen molar-refractivity contribution in [2.45, 2.75) is 70.2 Å². The second kappa shape index (κ2) is 9.74. The number of nitrogens with zero attached hydrogens (tertiary/aromatic N) is 5. The van der Waals surface area contributed by atoms with Gasteiger partial charge in [-0.25, -0.2) is 9.78 Å². The number of aryl methyl sites for hydroxylation is 1. The number of rotatable bonds is 5. The Balaban J connectivity index is 1.64. The van der Waals surface area contributed by atoms with Gasteiger partial charge >= 0.3 is 12.1 Å². The fourth-order valence-electron chi connectivity index (χ4n) is 5.73. The lowest BCUT2D eigenvalue weighted by atomic mass is 9.85. The van der Waals surface area contributed by atoms with Crippen molar-refractivity contribution in [1.82, 2.24) is 19.3 Å². The molecule has 2 aromatic heterocycles. The molecule has 3 aromatic rings. The molecule has 1 aliphatic carbocycles. The summed E-state index contributed by atoms with van der Waals surface area (Å²) in [5, 5.41) is 25.6. The topological polar surface area (TPSA) is 123 Å². The number of carboxylic acid groups (broad SMARTS) is 1. The number of aliphatic carboxylic acids is 1. The summed E-state index contributed by atoms with van der Waals surface area (Å²) in [7, 11) is 1.37. The first-order chi connectivity index (χ1) is 17.3. The van der Waals surface area contributed by atoms with Crippen LogP contribution in [-0.2, 0) is 22.5 Å². The normalized spacial score (nSPS) is 22.9. The first-order valence-corrected chi connectivity index (χ1v) is 12.7. The molecular weight excluding hydrogens is 486 g/mol. The molecule has 4 atom stereocenters. The zero-order chi connectivity index (χ0) is 25.6. The van der Waals surface area contributed by atoms with Crippen molar-refractivity contribution < 1.29 is 24.5 Å². The van der Waals surface area contributed by atoms with E-state index in [1.165, 1.54) is 13.3 Å². The van der Waals surface area contributed by atoms with Gasteiger partial charge in [0, 0.05) is 23.8 Å². The van der Waals surface area contributed by atoms with Crippen molar-refractivity contribution in [2.75, 3.05) is 12.0 Å². The minimum atomic E-state index is -0.992. The van der Waals surface area contributed by atoms with E-state index < -0.39 is 24.1 Å². The highest BCUT2D eigenvalue weighted by molar-refractivity contribution is 6.30. The van der Waals surface area contributed by atoms with E-state index in [-0.39, 0.29) is 18.6 Å². The number of methoxy groups -OCH3 is 1. The van der Waals surface area contributed by atoms with E-state index >= 15 is 0 Å². The monoisotopic (exact) mass is 515 g/mol. The van der Waals surface area contributed by atoms with Crippen molar-refractivity contribution in [2.24, 2.45) is 5.92 Å². The number of carbonyl (C=O) groups excluding carboxylic acids is 1. The lowest BCUT2D eigenvalue weighted by Gasteiger charge is -2.34. The van der Waals surface area contributed by atoms with Crippen LogP contribution >= 0.6 is 11.6 Å². The van der Waals surface area contributed by atoms with Gasteiger partial charge in [-0.3, -0.25) is 14.4 Å². The molecule has 0 radical (unpaired) electrons. The summed E-state index contributed by atoms with van der Waals surface area (Å²) in [6.45, 7) is 2.14. The van der Waals surface area contributed by atoms with Gasteiger partial charge in [0.05, 0.1) is 47.5 Å². The Morgan fingerprint density at radius 1 is 1.28 bits per heavy atom. The van der Waals surface area contributed by atoms with Crippen LogP contribution in [-0.4, -0.2) is 54.8 Å². The van der Waals surface area contributed by atoms with Crippen LogP contribution < -0.4 is 4.90 Å². The summed E-state index contributed by atoms with van der Waals surface area (Å²) in [5.41, 5.74) is 3.23. The fraction of sp³-hybridized carbons (Fsp3) is 0.520. The number of aliphatic hydroxyl groups excluding tert-OH is 1. The molecule has 1 fully saturated rings. The minimum absolute atomic E-state index is 0.0196. The quantitative estimate of drug-likeness (QED) is 0.518. The Kier molecular flexibility index (Phi) is 6.65. The third-order valence-electron chi connectivity index (χ3n) is 7.47. The van der Waals surface area contributed by atoms with Crippen LogP contribution in [0.25, 0.3) is 11.0 Å². The van der Waals surface area contributed by atoms with Gasteiger partial charge in [0.15, 0.2) is 0 Å². The number of carbonyl (C=O) groups is 2. The summed E-state index contributed by atoms with van der Waals surface area (Å²) >= 11 is 6.01. The number of hydrogen-bond acceptors (Lipinski definition) is 6. The van der Waals surface area contributed by atoms with Crippen LogP contribution in [0.4, 0.5) is 10.5 Å². The van der Waals surface area contributed by atoms with Crippen molar-refractivity contribution in [3.8, 4) is 0 Å². The molecule has 1 saturated carbocycles. The highest BCUT2D eigenvalue weighted by Crippen LogP contribution is 2.41. The first kappa shape index (κ1) is 24.6. The SMILES string of the molecule is COC(=O)N1c2ccc3c(nc([C@H](O)Cn4cc(Cl)cn4)n3[C@@H]3CCCC(C(=O)O)C3)c2CC[C@@H]1C. The lowest BCUT2D eigenvalue weighted by Crippen LogP contribution is -2.42.